The van der Waals surface area contributed by atoms with Gasteiger partial charge in [-0.05, 0) is 51.8 Å². The lowest BCUT2D eigenvalue weighted by Gasteiger charge is -2.42. The van der Waals surface area contributed by atoms with Gasteiger partial charge in [0.25, 0.3) is 5.91 Å². The van der Waals surface area contributed by atoms with Gasteiger partial charge in [-0.3, -0.25) is 19.7 Å². The van der Waals surface area contributed by atoms with Gasteiger partial charge in [-0.15, -0.1) is 0 Å². The smallest absolute Gasteiger partial charge is 0.291 e. The number of rotatable bonds is 5. The van der Waals surface area contributed by atoms with E-state index in [0.717, 1.165) is 5.56 Å². The van der Waals surface area contributed by atoms with Gasteiger partial charge in [0.15, 0.2) is 11.4 Å². The van der Waals surface area contributed by atoms with E-state index in [1.54, 1.807) is 41.6 Å². The predicted octanol–water partition coefficient (Wildman–Crippen LogP) is 4.30. The summed E-state index contributed by atoms with van der Waals surface area (Å²) < 4.78 is 15.8. The molecule has 3 atom stereocenters. The number of piperidine rings is 1. The molecule has 1 aliphatic rings. The number of nitrogens with zero attached hydrogens (tertiary/aromatic N) is 7. The lowest BCUT2D eigenvalue weighted by molar-refractivity contribution is 0.0463. The molecule has 0 spiro atoms. The van der Waals surface area contributed by atoms with Crippen LogP contribution in [-0.4, -0.2) is 63.4 Å². The van der Waals surface area contributed by atoms with Crippen LogP contribution >= 0.6 is 0 Å². The van der Waals surface area contributed by atoms with Gasteiger partial charge in [-0.25, -0.2) is 14.4 Å². The number of benzene rings is 1. The van der Waals surface area contributed by atoms with E-state index in [1.807, 2.05) is 19.9 Å². The van der Waals surface area contributed by atoms with Gasteiger partial charge < -0.3 is 10.6 Å². The van der Waals surface area contributed by atoms with Crippen molar-refractivity contribution in [1.82, 2.24) is 39.7 Å². The Balaban J connectivity index is 1.38. The largest absolute Gasteiger partial charge is 0.383 e. The number of aromatic nitrogens is 7. The quantitative estimate of drug-likeness (QED) is 0.306. The zero-order valence-corrected chi connectivity index (χ0v) is 22.7. The van der Waals surface area contributed by atoms with Crippen LogP contribution in [-0.2, 0) is 0 Å². The van der Waals surface area contributed by atoms with Crippen LogP contribution in [0, 0.1) is 5.82 Å². The molecule has 5 heterocycles. The van der Waals surface area contributed by atoms with E-state index in [9.17, 15) is 14.0 Å². The van der Waals surface area contributed by atoms with Crippen LogP contribution in [0.3, 0.4) is 0 Å². The first-order chi connectivity index (χ1) is 19.7. The number of Topliss-reactive ketones (excluding diaryl/α,β-unsaturated/α-hetero) is 1. The molecule has 5 aromatic rings. The first-order valence-corrected chi connectivity index (χ1v) is 13.3. The van der Waals surface area contributed by atoms with E-state index in [0.29, 0.717) is 46.6 Å². The standard InChI is InChI=1S/C29H28FN9O2/c1-15-10-19(11-16(2)38(15)29(41)27-33-14-34-37-27)25-24(17(3)40)26(31)39-28(36-25)21(13-35-39)18-8-9-23(32-12-18)20-6-4-5-7-22(20)30/h4-9,12-16,19H,10-11,31H2,1-3H3,(H,33,34,37)/t15-,16?,19?/m0/s1. The first-order valence-electron chi connectivity index (χ1n) is 13.3. The third-order valence-electron chi connectivity index (χ3n) is 7.73. The number of likely N-dealkylation sites (tertiary alicyclic amines) is 1. The molecule has 2 unspecified atom stereocenters. The molecule has 0 bridgehead atoms. The van der Waals surface area contributed by atoms with Crippen LogP contribution in [0.5, 0.6) is 0 Å². The fourth-order valence-corrected chi connectivity index (χ4v) is 5.91. The van der Waals surface area contributed by atoms with E-state index in [1.165, 1.54) is 23.8 Å². The highest BCUT2D eigenvalue weighted by molar-refractivity contribution is 6.00. The minimum atomic E-state index is -0.350. The van der Waals surface area contributed by atoms with Crippen molar-refractivity contribution < 1.29 is 14.0 Å². The van der Waals surface area contributed by atoms with Crippen LogP contribution < -0.4 is 5.73 Å². The molecular weight excluding hydrogens is 525 g/mol. The molecule has 0 aliphatic carbocycles. The molecule has 41 heavy (non-hydrogen) atoms. The van der Waals surface area contributed by atoms with Crippen LogP contribution in [0.2, 0.25) is 0 Å². The van der Waals surface area contributed by atoms with E-state index in [-0.39, 0.29) is 47.2 Å². The number of pyridine rings is 1. The third kappa shape index (κ3) is 4.50. The number of fused-ring (bicyclic) bond motifs is 1. The summed E-state index contributed by atoms with van der Waals surface area (Å²) in [5, 5.41) is 10.9. The minimum absolute atomic E-state index is 0.130. The Morgan fingerprint density at radius 1 is 1.02 bits per heavy atom. The third-order valence-corrected chi connectivity index (χ3v) is 7.73. The SMILES string of the molecule is CC(=O)c1c(C2CC(C)N(C(=O)c3ncn[nH]3)[C@@H](C)C2)nc2c(-c3ccc(-c4ccccc4F)nc3)cnn2c1N. The lowest BCUT2D eigenvalue weighted by atomic mass is 9.82. The molecule has 11 nitrogen and oxygen atoms in total. The summed E-state index contributed by atoms with van der Waals surface area (Å²) in [5.74, 6) is -0.514. The van der Waals surface area contributed by atoms with E-state index in [2.05, 4.69) is 25.3 Å². The summed E-state index contributed by atoms with van der Waals surface area (Å²) in [5.41, 5.74) is 10.3. The van der Waals surface area contributed by atoms with Crippen molar-refractivity contribution in [3.8, 4) is 22.4 Å². The number of carbonyl (C=O) groups is 2. The zero-order chi connectivity index (χ0) is 28.8. The van der Waals surface area contributed by atoms with Gasteiger partial charge in [0, 0.05) is 40.9 Å². The summed E-state index contributed by atoms with van der Waals surface area (Å²) in [7, 11) is 0. The molecule has 4 aromatic heterocycles. The number of ketones is 1. The van der Waals surface area contributed by atoms with Crippen molar-refractivity contribution in [2.45, 2.75) is 51.6 Å². The van der Waals surface area contributed by atoms with Crippen molar-refractivity contribution in [2.75, 3.05) is 5.73 Å². The molecule has 1 aromatic carbocycles. The second-order valence-electron chi connectivity index (χ2n) is 10.4. The monoisotopic (exact) mass is 553 g/mol. The molecule has 1 fully saturated rings. The molecule has 3 N–H and O–H groups in total. The maximum atomic E-state index is 14.3. The van der Waals surface area contributed by atoms with E-state index < -0.39 is 0 Å². The van der Waals surface area contributed by atoms with Gasteiger partial charge in [-0.2, -0.15) is 14.7 Å². The number of H-pyrrole nitrogens is 1. The predicted molar refractivity (Wildman–Crippen MR) is 149 cm³/mol. The average Bonchev–Trinajstić information content (AvgIpc) is 3.64. The van der Waals surface area contributed by atoms with Crippen molar-refractivity contribution >= 4 is 23.2 Å². The number of halogens is 1. The van der Waals surface area contributed by atoms with E-state index >= 15 is 0 Å². The average molecular weight is 554 g/mol. The maximum Gasteiger partial charge on any atom is 0.291 e. The normalized spacial score (nSPS) is 19.0. The maximum absolute atomic E-state index is 14.3. The number of hydrogen-bond donors (Lipinski definition) is 2. The van der Waals surface area contributed by atoms with Crippen LogP contribution in [0.4, 0.5) is 10.2 Å². The number of amides is 1. The fourth-order valence-electron chi connectivity index (χ4n) is 5.91. The Hall–Kier alpha value is -5.00. The number of nitrogens with one attached hydrogen (secondary N) is 1. The molecule has 208 valence electrons. The Bertz CT molecular complexity index is 1750. The molecule has 1 saturated heterocycles. The molecule has 6 rings (SSSR count). The van der Waals surface area contributed by atoms with Crippen molar-refractivity contribution in [2.24, 2.45) is 0 Å². The fraction of sp³-hybridized carbons (Fsp3) is 0.276. The van der Waals surface area contributed by atoms with Crippen molar-refractivity contribution in [1.29, 1.82) is 0 Å². The van der Waals surface area contributed by atoms with Crippen LogP contribution in [0.25, 0.3) is 28.0 Å². The Labute approximate surface area is 234 Å². The van der Waals surface area contributed by atoms with Gasteiger partial charge in [-0.1, -0.05) is 18.2 Å². The minimum Gasteiger partial charge on any atom is -0.383 e. The molecule has 1 amide bonds. The number of anilines is 1. The van der Waals surface area contributed by atoms with Crippen LogP contribution in [0.1, 0.15) is 66.2 Å². The number of carbonyl (C=O) groups excluding carboxylic acids is 2. The molecule has 12 heteroatoms. The Kier molecular flexibility index (Phi) is 6.52. The second kappa shape index (κ2) is 10.2. The van der Waals surface area contributed by atoms with Gasteiger partial charge in [0.2, 0.25) is 5.82 Å². The first kappa shape index (κ1) is 26.2. The number of aromatic amines is 1. The molecular formula is C29H28FN9O2. The highest BCUT2D eigenvalue weighted by Crippen LogP contribution is 2.39. The lowest BCUT2D eigenvalue weighted by Crippen LogP contribution is -2.50. The topological polar surface area (TPSA) is 148 Å². The highest BCUT2D eigenvalue weighted by atomic mass is 19.1. The summed E-state index contributed by atoms with van der Waals surface area (Å²) in [6.45, 7) is 5.41. The van der Waals surface area contributed by atoms with Crippen molar-refractivity contribution in [3.63, 3.8) is 0 Å². The Morgan fingerprint density at radius 2 is 1.78 bits per heavy atom. The Morgan fingerprint density at radius 3 is 2.41 bits per heavy atom. The molecule has 1 aliphatic heterocycles. The van der Waals surface area contributed by atoms with Crippen LogP contribution in [0.15, 0.2) is 55.1 Å². The number of nitrogen functional groups attached to an aromatic ring is 1. The molecule has 0 radical (unpaired) electrons. The number of nitrogens with two attached hydrogens (primary N) is 1. The summed E-state index contributed by atoms with van der Waals surface area (Å²) in [6, 6.07) is 9.74. The highest BCUT2D eigenvalue weighted by Gasteiger charge is 2.38. The number of hydrogen-bond acceptors (Lipinski definition) is 8. The second-order valence-corrected chi connectivity index (χ2v) is 10.4. The zero-order valence-electron chi connectivity index (χ0n) is 22.7. The van der Waals surface area contributed by atoms with E-state index in [4.69, 9.17) is 10.7 Å². The summed E-state index contributed by atoms with van der Waals surface area (Å²) in [6.07, 6.45) is 5.75. The van der Waals surface area contributed by atoms with Gasteiger partial charge in [0.05, 0.1) is 23.1 Å². The van der Waals surface area contributed by atoms with Crippen molar-refractivity contribution in [3.05, 3.63) is 78.0 Å². The molecule has 0 saturated carbocycles. The summed E-state index contributed by atoms with van der Waals surface area (Å²) >= 11 is 0. The van der Waals surface area contributed by atoms with Gasteiger partial charge in [0.1, 0.15) is 18.0 Å². The van der Waals surface area contributed by atoms with Gasteiger partial charge >= 0.3 is 0 Å². The summed E-state index contributed by atoms with van der Waals surface area (Å²) in [4.78, 5) is 41.2.